The number of nitrogens with one attached hydrogen (secondary N) is 1. The number of nitrogens with zero attached hydrogens (tertiary/aromatic N) is 2. The van der Waals surface area contributed by atoms with E-state index in [2.05, 4.69) is 16.6 Å². The van der Waals surface area contributed by atoms with Crippen LogP contribution in [0, 0.1) is 0 Å². The Hall–Kier alpha value is -0.630. The third kappa shape index (κ3) is 5.10. The van der Waals surface area contributed by atoms with Gasteiger partial charge in [-0.1, -0.05) is 24.9 Å². The molecule has 8 heteroatoms. The number of sulfonamides is 1. The third-order valence-electron chi connectivity index (χ3n) is 2.49. The van der Waals surface area contributed by atoms with E-state index in [4.69, 9.17) is 16.3 Å². The first-order valence-electron chi connectivity index (χ1n) is 6.23. The van der Waals surface area contributed by atoms with Crippen LogP contribution in [-0.2, 0) is 21.8 Å². The average molecular weight is 310 g/mol. The second-order valence-electron chi connectivity index (χ2n) is 4.17. The molecule has 0 radical (unpaired) electrons. The molecule has 0 saturated heterocycles. The number of ether oxygens (including phenoxy) is 1. The molecule has 0 amide bonds. The van der Waals surface area contributed by atoms with Gasteiger partial charge >= 0.3 is 0 Å². The summed E-state index contributed by atoms with van der Waals surface area (Å²) in [4.78, 5) is 3.78. The van der Waals surface area contributed by atoms with E-state index in [1.165, 1.54) is 10.9 Å². The Balaban J connectivity index is 2.34. The Morgan fingerprint density at radius 1 is 1.42 bits per heavy atom. The molecule has 1 N–H and O–H groups in total. The maximum atomic E-state index is 11.9. The summed E-state index contributed by atoms with van der Waals surface area (Å²) in [6.07, 6.45) is 4.10. The molecular formula is C11H20ClN3O3S. The molecule has 1 heterocycles. The number of unbranched alkanes of at least 4 members (excludes halogenated alkanes) is 1. The lowest BCUT2D eigenvalue weighted by Gasteiger charge is -2.06. The van der Waals surface area contributed by atoms with Gasteiger partial charge in [-0.25, -0.2) is 18.1 Å². The van der Waals surface area contributed by atoms with Gasteiger partial charge in [0, 0.05) is 26.8 Å². The molecule has 1 rings (SSSR count). The highest BCUT2D eigenvalue weighted by Gasteiger charge is 2.21. The van der Waals surface area contributed by atoms with Crippen LogP contribution in [0.15, 0.2) is 11.4 Å². The second kappa shape index (κ2) is 7.84. The molecule has 1 aromatic rings. The predicted molar refractivity (Wildman–Crippen MR) is 73.8 cm³/mol. The lowest BCUT2D eigenvalue weighted by atomic mass is 10.4. The smallest absolute Gasteiger partial charge is 0.261 e. The average Bonchev–Trinajstić information content (AvgIpc) is 2.69. The summed E-state index contributed by atoms with van der Waals surface area (Å²) in [6.45, 7) is 3.66. The Morgan fingerprint density at radius 2 is 2.11 bits per heavy atom. The molecule has 0 aliphatic heterocycles. The molecule has 110 valence electrons. The van der Waals surface area contributed by atoms with Crippen LogP contribution < -0.4 is 4.72 Å². The van der Waals surface area contributed by atoms with Gasteiger partial charge in [-0.2, -0.15) is 0 Å². The van der Waals surface area contributed by atoms with Crippen molar-refractivity contribution in [2.24, 2.45) is 7.05 Å². The number of halogens is 1. The fraction of sp³-hybridized carbons (Fsp3) is 0.727. The second-order valence-corrected chi connectivity index (χ2v) is 6.21. The summed E-state index contributed by atoms with van der Waals surface area (Å²) in [6, 6.07) is 0. The van der Waals surface area contributed by atoms with Gasteiger partial charge in [0.05, 0.1) is 6.33 Å². The van der Waals surface area contributed by atoms with Crippen molar-refractivity contribution in [3.8, 4) is 0 Å². The van der Waals surface area contributed by atoms with Crippen molar-refractivity contribution < 1.29 is 13.2 Å². The zero-order valence-electron chi connectivity index (χ0n) is 11.2. The maximum Gasteiger partial charge on any atom is 0.261 e. The third-order valence-corrected chi connectivity index (χ3v) is 4.44. The van der Waals surface area contributed by atoms with E-state index < -0.39 is 10.0 Å². The topological polar surface area (TPSA) is 73.2 Å². The highest BCUT2D eigenvalue weighted by molar-refractivity contribution is 7.89. The number of aromatic nitrogens is 2. The van der Waals surface area contributed by atoms with Crippen LogP contribution in [0.1, 0.15) is 26.2 Å². The standard InChI is InChI=1S/C11H20ClN3O3S/c1-3-4-7-18-8-5-6-14-19(16,17)11-10(12)15(2)9-13-11/h9,14H,3-8H2,1-2H3. The highest BCUT2D eigenvalue weighted by Crippen LogP contribution is 2.17. The Morgan fingerprint density at radius 3 is 2.68 bits per heavy atom. The quantitative estimate of drug-likeness (QED) is 0.703. The first-order valence-corrected chi connectivity index (χ1v) is 8.09. The van der Waals surface area contributed by atoms with Crippen LogP contribution in [0.4, 0.5) is 0 Å². The molecule has 19 heavy (non-hydrogen) atoms. The molecule has 0 unspecified atom stereocenters. The normalized spacial score (nSPS) is 11.9. The summed E-state index contributed by atoms with van der Waals surface area (Å²) < 4.78 is 33.0. The lowest BCUT2D eigenvalue weighted by Crippen LogP contribution is -2.26. The van der Waals surface area contributed by atoms with Crippen molar-refractivity contribution in [3.63, 3.8) is 0 Å². The van der Waals surface area contributed by atoms with Gasteiger partial charge in [-0.3, -0.25) is 0 Å². The van der Waals surface area contributed by atoms with Gasteiger partial charge in [0.25, 0.3) is 10.0 Å². The van der Waals surface area contributed by atoms with Crippen LogP contribution in [0.3, 0.4) is 0 Å². The number of hydrogen-bond donors (Lipinski definition) is 1. The Kier molecular flexibility index (Phi) is 6.78. The van der Waals surface area contributed by atoms with E-state index >= 15 is 0 Å². The molecule has 6 nitrogen and oxygen atoms in total. The SMILES string of the molecule is CCCCOCCCNS(=O)(=O)c1ncn(C)c1Cl. The van der Waals surface area contributed by atoms with Crippen LogP contribution in [0.2, 0.25) is 5.15 Å². The van der Waals surface area contributed by atoms with Gasteiger partial charge < -0.3 is 9.30 Å². The number of hydrogen-bond acceptors (Lipinski definition) is 4. The van der Waals surface area contributed by atoms with E-state index in [0.717, 1.165) is 19.4 Å². The fourth-order valence-electron chi connectivity index (χ4n) is 1.37. The Bertz CT molecular complexity index is 487. The van der Waals surface area contributed by atoms with Crippen LogP contribution >= 0.6 is 11.6 Å². The van der Waals surface area contributed by atoms with Gasteiger partial charge in [0.15, 0.2) is 0 Å². The zero-order valence-corrected chi connectivity index (χ0v) is 12.8. The summed E-state index contributed by atoms with van der Waals surface area (Å²) in [5.41, 5.74) is 0. The van der Waals surface area contributed by atoms with Crippen LogP contribution in [-0.4, -0.2) is 37.7 Å². The highest BCUT2D eigenvalue weighted by atomic mass is 35.5. The predicted octanol–water partition coefficient (Wildman–Crippen LogP) is 1.56. The largest absolute Gasteiger partial charge is 0.381 e. The summed E-state index contributed by atoms with van der Waals surface area (Å²) in [5, 5.41) is -0.0322. The van der Waals surface area contributed by atoms with Crippen molar-refractivity contribution >= 4 is 21.6 Å². The molecule has 0 fully saturated rings. The van der Waals surface area contributed by atoms with Crippen molar-refractivity contribution in [1.29, 1.82) is 0 Å². The van der Waals surface area contributed by atoms with Gasteiger partial charge in [0.2, 0.25) is 5.03 Å². The van der Waals surface area contributed by atoms with Gasteiger partial charge in [-0.15, -0.1) is 0 Å². The molecule has 0 bridgehead atoms. The van der Waals surface area contributed by atoms with Gasteiger partial charge in [0.1, 0.15) is 5.15 Å². The van der Waals surface area contributed by atoms with E-state index in [1.807, 2.05) is 0 Å². The molecule has 0 aromatic carbocycles. The lowest BCUT2D eigenvalue weighted by molar-refractivity contribution is 0.130. The molecule has 1 aromatic heterocycles. The molecule has 0 atom stereocenters. The van der Waals surface area contributed by atoms with Gasteiger partial charge in [-0.05, 0) is 12.8 Å². The Labute approximate surface area is 119 Å². The minimum Gasteiger partial charge on any atom is -0.381 e. The van der Waals surface area contributed by atoms with Crippen LogP contribution in [0.25, 0.3) is 0 Å². The van der Waals surface area contributed by atoms with Crippen molar-refractivity contribution in [2.45, 2.75) is 31.2 Å². The molecule has 0 aliphatic rings. The van der Waals surface area contributed by atoms with Crippen molar-refractivity contribution in [2.75, 3.05) is 19.8 Å². The van der Waals surface area contributed by atoms with Crippen LogP contribution in [0.5, 0.6) is 0 Å². The van der Waals surface area contributed by atoms with Crippen molar-refractivity contribution in [1.82, 2.24) is 14.3 Å². The number of aryl methyl sites for hydroxylation is 1. The van der Waals surface area contributed by atoms with E-state index in [1.54, 1.807) is 7.05 Å². The first kappa shape index (κ1) is 16.4. The first-order chi connectivity index (χ1) is 8.99. The summed E-state index contributed by atoms with van der Waals surface area (Å²) >= 11 is 5.85. The zero-order chi connectivity index (χ0) is 14.3. The van der Waals surface area contributed by atoms with E-state index in [-0.39, 0.29) is 10.2 Å². The molecule has 0 saturated carbocycles. The number of imidazole rings is 1. The van der Waals surface area contributed by atoms with E-state index in [0.29, 0.717) is 19.6 Å². The monoisotopic (exact) mass is 309 g/mol. The minimum absolute atomic E-state index is 0.103. The molecule has 0 aliphatic carbocycles. The molecular weight excluding hydrogens is 290 g/mol. The minimum atomic E-state index is -3.64. The molecule has 0 spiro atoms. The van der Waals surface area contributed by atoms with E-state index in [9.17, 15) is 8.42 Å². The maximum absolute atomic E-state index is 11.9. The summed E-state index contributed by atoms with van der Waals surface area (Å²) in [5.74, 6) is 0. The number of rotatable bonds is 9. The fourth-order valence-corrected chi connectivity index (χ4v) is 2.87. The van der Waals surface area contributed by atoms with Crippen molar-refractivity contribution in [3.05, 3.63) is 11.5 Å². The summed E-state index contributed by atoms with van der Waals surface area (Å²) in [7, 11) is -2.00.